The van der Waals surface area contributed by atoms with Gasteiger partial charge in [0.25, 0.3) is 5.91 Å². The molecule has 1 amide bonds. The number of hydrogen-bond acceptors (Lipinski definition) is 4. The number of alkyl halides is 1. The number of hydrogen-bond donors (Lipinski definition) is 2. The third-order valence-electron chi connectivity index (χ3n) is 4.61. The number of ether oxygens (including phenoxy) is 2. The Labute approximate surface area is 150 Å². The highest BCUT2D eigenvalue weighted by Gasteiger charge is 2.46. The molecule has 26 heavy (non-hydrogen) atoms. The quantitative estimate of drug-likeness (QED) is 0.793. The summed E-state index contributed by atoms with van der Waals surface area (Å²) < 4.78 is 23.1. The van der Waals surface area contributed by atoms with Crippen LogP contribution in [0, 0.1) is 11.3 Å². The predicted octanol–water partition coefficient (Wildman–Crippen LogP) is 3.36. The van der Waals surface area contributed by atoms with Crippen LogP contribution in [-0.2, 0) is 0 Å². The first-order valence-corrected chi connectivity index (χ1v) is 8.35. The maximum Gasteiger partial charge on any atom is 0.259 e. The van der Waals surface area contributed by atoms with Gasteiger partial charge >= 0.3 is 0 Å². The largest absolute Gasteiger partial charge is 0.492 e. The second-order valence-electron chi connectivity index (χ2n) is 7.01. The number of aromatic amines is 1. The highest BCUT2D eigenvalue weighted by Crippen LogP contribution is 2.51. The van der Waals surface area contributed by atoms with Gasteiger partial charge in [0.15, 0.2) is 0 Å². The Balaban J connectivity index is 1.80. The summed E-state index contributed by atoms with van der Waals surface area (Å²) in [5.41, 5.74) is 0.495. The van der Waals surface area contributed by atoms with E-state index in [2.05, 4.69) is 24.1 Å². The fourth-order valence-electron chi connectivity index (χ4n) is 2.74. The number of pyridine rings is 1. The molecular formula is C19H21FN2O4. The van der Waals surface area contributed by atoms with E-state index in [9.17, 15) is 14.0 Å². The van der Waals surface area contributed by atoms with E-state index in [-0.39, 0.29) is 22.3 Å². The highest BCUT2D eigenvalue weighted by molar-refractivity contribution is 6.06. The number of carbonyl (C=O) groups is 1. The lowest BCUT2D eigenvalue weighted by Gasteiger charge is -2.14. The Morgan fingerprint density at radius 2 is 2.08 bits per heavy atom. The number of nitrogens with one attached hydrogen (secondary N) is 2. The standard InChI is InChI=1S/C19H21FN2O4/c1-19(2)9-12(19)10-25-16-4-3-14(26-11-20)8-15(16)18(24)22-13-5-6-21-17(23)7-13/h3-8,12H,9-11H2,1-2H3,(H2,21,22,23,24). The maximum atomic E-state index is 12.6. The summed E-state index contributed by atoms with van der Waals surface area (Å²) >= 11 is 0. The van der Waals surface area contributed by atoms with Crippen molar-refractivity contribution in [1.82, 2.24) is 4.98 Å². The Bertz CT molecular complexity index is 863. The van der Waals surface area contributed by atoms with Crippen LogP contribution in [0.4, 0.5) is 10.1 Å². The van der Waals surface area contributed by atoms with Gasteiger partial charge in [0.2, 0.25) is 12.4 Å². The van der Waals surface area contributed by atoms with Crippen molar-refractivity contribution in [2.45, 2.75) is 20.3 Å². The number of halogens is 1. The highest BCUT2D eigenvalue weighted by atomic mass is 19.1. The molecule has 2 N–H and O–H groups in total. The lowest BCUT2D eigenvalue weighted by molar-refractivity contribution is 0.102. The summed E-state index contributed by atoms with van der Waals surface area (Å²) in [4.78, 5) is 26.5. The minimum atomic E-state index is -0.994. The molecule has 0 aliphatic heterocycles. The molecule has 0 radical (unpaired) electrons. The van der Waals surface area contributed by atoms with E-state index in [0.717, 1.165) is 6.42 Å². The molecule has 1 atom stereocenters. The van der Waals surface area contributed by atoms with Gasteiger partial charge in [-0.3, -0.25) is 9.59 Å². The zero-order valence-electron chi connectivity index (χ0n) is 14.7. The summed E-state index contributed by atoms with van der Waals surface area (Å²) in [7, 11) is 0. The summed E-state index contributed by atoms with van der Waals surface area (Å²) in [5, 5.41) is 2.64. The first-order chi connectivity index (χ1) is 12.4. The van der Waals surface area contributed by atoms with Gasteiger partial charge in [-0.15, -0.1) is 0 Å². The van der Waals surface area contributed by atoms with Crippen LogP contribution in [0.2, 0.25) is 0 Å². The van der Waals surface area contributed by atoms with Crippen LogP contribution in [0.25, 0.3) is 0 Å². The van der Waals surface area contributed by atoms with Crippen molar-refractivity contribution < 1.29 is 18.7 Å². The van der Waals surface area contributed by atoms with Gasteiger partial charge in [-0.25, -0.2) is 4.39 Å². The van der Waals surface area contributed by atoms with Crippen LogP contribution in [0.3, 0.4) is 0 Å². The second-order valence-corrected chi connectivity index (χ2v) is 7.01. The van der Waals surface area contributed by atoms with Gasteiger partial charge in [0.05, 0.1) is 12.2 Å². The normalized spacial score (nSPS) is 17.4. The van der Waals surface area contributed by atoms with E-state index in [1.165, 1.54) is 18.3 Å². The Morgan fingerprint density at radius 1 is 1.31 bits per heavy atom. The van der Waals surface area contributed by atoms with Crippen molar-refractivity contribution in [3.05, 3.63) is 52.4 Å². The molecule has 1 aromatic carbocycles. The smallest absolute Gasteiger partial charge is 0.259 e. The minimum absolute atomic E-state index is 0.217. The second kappa shape index (κ2) is 7.19. The van der Waals surface area contributed by atoms with E-state index in [1.54, 1.807) is 18.2 Å². The zero-order chi connectivity index (χ0) is 18.7. The van der Waals surface area contributed by atoms with Gasteiger partial charge < -0.3 is 19.8 Å². The molecule has 1 saturated carbocycles. The van der Waals surface area contributed by atoms with E-state index in [0.29, 0.717) is 24.0 Å². The zero-order valence-corrected chi connectivity index (χ0v) is 14.7. The minimum Gasteiger partial charge on any atom is -0.492 e. The van der Waals surface area contributed by atoms with Crippen LogP contribution >= 0.6 is 0 Å². The van der Waals surface area contributed by atoms with Crippen molar-refractivity contribution in [2.75, 3.05) is 18.8 Å². The van der Waals surface area contributed by atoms with E-state index < -0.39 is 12.8 Å². The number of aromatic nitrogens is 1. The van der Waals surface area contributed by atoms with Crippen LogP contribution < -0.4 is 20.3 Å². The lowest BCUT2D eigenvalue weighted by atomic mass is 10.1. The third-order valence-corrected chi connectivity index (χ3v) is 4.61. The summed E-state index contributed by atoms with van der Waals surface area (Å²) in [5.74, 6) is 0.585. The van der Waals surface area contributed by atoms with Crippen LogP contribution in [-0.4, -0.2) is 24.4 Å². The monoisotopic (exact) mass is 360 g/mol. The Kier molecular flexibility index (Phi) is 4.97. The van der Waals surface area contributed by atoms with Gasteiger partial charge in [0.1, 0.15) is 11.5 Å². The number of anilines is 1. The van der Waals surface area contributed by atoms with Gasteiger partial charge in [0, 0.05) is 18.0 Å². The average molecular weight is 360 g/mol. The van der Waals surface area contributed by atoms with Gasteiger partial charge in [-0.2, -0.15) is 0 Å². The molecule has 7 heteroatoms. The third kappa shape index (κ3) is 4.22. The molecule has 1 aliphatic rings. The average Bonchev–Trinajstić information content (AvgIpc) is 3.20. The topological polar surface area (TPSA) is 80.4 Å². The number of benzene rings is 1. The molecule has 0 spiro atoms. The fraction of sp³-hybridized carbons (Fsp3) is 0.368. The molecule has 0 saturated heterocycles. The molecule has 1 unspecified atom stereocenters. The SMILES string of the molecule is CC1(C)CC1COc1ccc(OCF)cc1C(=O)Nc1cc[nH]c(=O)c1. The van der Waals surface area contributed by atoms with Crippen molar-refractivity contribution in [3.63, 3.8) is 0 Å². The summed E-state index contributed by atoms with van der Waals surface area (Å²) in [6, 6.07) is 7.40. The number of rotatable bonds is 7. The molecule has 3 rings (SSSR count). The predicted molar refractivity (Wildman–Crippen MR) is 95.4 cm³/mol. The molecule has 1 aromatic heterocycles. The molecule has 1 aliphatic carbocycles. The first-order valence-electron chi connectivity index (χ1n) is 8.35. The van der Waals surface area contributed by atoms with Crippen molar-refractivity contribution in [3.8, 4) is 11.5 Å². The van der Waals surface area contributed by atoms with Crippen LogP contribution in [0.1, 0.15) is 30.6 Å². The molecule has 138 valence electrons. The van der Waals surface area contributed by atoms with E-state index in [1.807, 2.05) is 0 Å². The van der Waals surface area contributed by atoms with E-state index >= 15 is 0 Å². The maximum absolute atomic E-state index is 12.6. The van der Waals surface area contributed by atoms with Crippen LogP contribution in [0.5, 0.6) is 11.5 Å². The molecule has 2 aromatic rings. The Hall–Kier alpha value is -2.83. The first kappa shape index (κ1) is 18.0. The van der Waals surface area contributed by atoms with Gasteiger partial charge in [-0.05, 0) is 42.0 Å². The molecule has 1 heterocycles. The summed E-state index contributed by atoms with van der Waals surface area (Å²) in [6.07, 6.45) is 2.51. The Morgan fingerprint density at radius 3 is 2.73 bits per heavy atom. The molecule has 6 nitrogen and oxygen atoms in total. The fourth-order valence-corrected chi connectivity index (χ4v) is 2.74. The van der Waals surface area contributed by atoms with Crippen LogP contribution in [0.15, 0.2) is 41.3 Å². The van der Waals surface area contributed by atoms with E-state index in [4.69, 9.17) is 9.47 Å². The number of carbonyl (C=O) groups excluding carboxylic acids is 1. The number of H-pyrrole nitrogens is 1. The number of amides is 1. The van der Waals surface area contributed by atoms with Crippen molar-refractivity contribution in [2.24, 2.45) is 11.3 Å². The molecule has 1 fully saturated rings. The molecule has 0 bridgehead atoms. The van der Waals surface area contributed by atoms with Gasteiger partial charge in [-0.1, -0.05) is 13.8 Å². The van der Waals surface area contributed by atoms with Crippen molar-refractivity contribution in [1.29, 1.82) is 0 Å². The molecular weight excluding hydrogens is 339 g/mol. The summed E-state index contributed by atoms with van der Waals surface area (Å²) in [6.45, 7) is 3.84. The van der Waals surface area contributed by atoms with Crippen molar-refractivity contribution >= 4 is 11.6 Å². The lowest BCUT2D eigenvalue weighted by Crippen LogP contribution is -2.16.